The minimum absolute atomic E-state index is 0.0941. The summed E-state index contributed by atoms with van der Waals surface area (Å²) < 4.78 is 4.99. The summed E-state index contributed by atoms with van der Waals surface area (Å²) in [5.74, 6) is 0.608. The second-order valence-electron chi connectivity index (χ2n) is 3.13. The largest absolute Gasteiger partial charge is 0.481 e. The Morgan fingerprint density at radius 2 is 2.27 bits per heavy atom. The van der Waals surface area contributed by atoms with Crippen molar-refractivity contribution >= 4 is 11.3 Å². The monoisotopic (exact) mass is 220 g/mol. The molecule has 3 nitrogen and oxygen atoms in total. The molecule has 0 aliphatic rings. The maximum atomic E-state index is 6.08. The molecule has 0 saturated carbocycles. The van der Waals surface area contributed by atoms with Crippen LogP contribution in [-0.2, 0) is 0 Å². The Labute approximate surface area is 92.5 Å². The first kappa shape index (κ1) is 10.1. The SMILES string of the molecule is COc1ccc([C@H](N)c2cccs2)cn1. The van der Waals surface area contributed by atoms with Gasteiger partial charge in [0.25, 0.3) is 0 Å². The quantitative estimate of drug-likeness (QED) is 0.862. The molecule has 0 saturated heterocycles. The average molecular weight is 220 g/mol. The molecule has 78 valence electrons. The van der Waals surface area contributed by atoms with E-state index in [-0.39, 0.29) is 6.04 Å². The van der Waals surface area contributed by atoms with Crippen LogP contribution in [0.1, 0.15) is 16.5 Å². The van der Waals surface area contributed by atoms with Crippen molar-refractivity contribution < 1.29 is 4.74 Å². The summed E-state index contributed by atoms with van der Waals surface area (Å²) in [6.45, 7) is 0. The summed E-state index contributed by atoms with van der Waals surface area (Å²) >= 11 is 1.65. The van der Waals surface area contributed by atoms with E-state index in [1.165, 1.54) is 0 Å². The van der Waals surface area contributed by atoms with Crippen molar-refractivity contribution in [3.05, 3.63) is 46.3 Å². The minimum atomic E-state index is -0.0941. The highest BCUT2D eigenvalue weighted by Gasteiger charge is 2.09. The van der Waals surface area contributed by atoms with E-state index in [9.17, 15) is 0 Å². The van der Waals surface area contributed by atoms with Gasteiger partial charge in [-0.2, -0.15) is 0 Å². The van der Waals surface area contributed by atoms with E-state index in [2.05, 4.69) is 4.98 Å². The Morgan fingerprint density at radius 1 is 1.40 bits per heavy atom. The molecule has 2 aromatic rings. The van der Waals surface area contributed by atoms with Crippen LogP contribution in [0.5, 0.6) is 5.88 Å². The zero-order valence-electron chi connectivity index (χ0n) is 8.38. The lowest BCUT2D eigenvalue weighted by Gasteiger charge is -2.09. The van der Waals surface area contributed by atoms with Crippen LogP contribution in [0.15, 0.2) is 35.8 Å². The van der Waals surface area contributed by atoms with Gasteiger partial charge in [0.2, 0.25) is 5.88 Å². The van der Waals surface area contributed by atoms with Gasteiger partial charge < -0.3 is 10.5 Å². The molecule has 4 heteroatoms. The third kappa shape index (κ3) is 2.16. The highest BCUT2D eigenvalue weighted by Crippen LogP contribution is 2.23. The summed E-state index contributed by atoms with van der Waals surface area (Å²) in [6, 6.07) is 7.69. The third-order valence-corrected chi connectivity index (χ3v) is 3.13. The molecular weight excluding hydrogens is 208 g/mol. The molecule has 0 aromatic carbocycles. The first-order chi connectivity index (χ1) is 7.31. The van der Waals surface area contributed by atoms with Crippen LogP contribution in [0.4, 0.5) is 0 Å². The van der Waals surface area contributed by atoms with Gasteiger partial charge in [-0.05, 0) is 17.0 Å². The van der Waals surface area contributed by atoms with E-state index in [1.807, 2.05) is 29.6 Å². The lowest BCUT2D eigenvalue weighted by Crippen LogP contribution is -2.10. The topological polar surface area (TPSA) is 48.1 Å². The molecule has 0 unspecified atom stereocenters. The zero-order chi connectivity index (χ0) is 10.7. The second-order valence-corrected chi connectivity index (χ2v) is 4.11. The van der Waals surface area contributed by atoms with E-state index in [0.29, 0.717) is 5.88 Å². The number of methoxy groups -OCH3 is 1. The summed E-state index contributed by atoms with van der Waals surface area (Å²) in [5.41, 5.74) is 7.08. The number of hydrogen-bond acceptors (Lipinski definition) is 4. The molecule has 2 N–H and O–H groups in total. The average Bonchev–Trinajstić information content (AvgIpc) is 2.82. The van der Waals surface area contributed by atoms with Crippen molar-refractivity contribution in [3.63, 3.8) is 0 Å². The Bertz CT molecular complexity index is 411. The number of thiophene rings is 1. The molecule has 0 fully saturated rings. The Hall–Kier alpha value is -1.39. The van der Waals surface area contributed by atoms with Crippen LogP contribution in [0.25, 0.3) is 0 Å². The van der Waals surface area contributed by atoms with Crippen LogP contribution in [0.2, 0.25) is 0 Å². The molecule has 0 bridgehead atoms. The highest BCUT2D eigenvalue weighted by molar-refractivity contribution is 7.10. The fourth-order valence-corrected chi connectivity index (χ4v) is 2.08. The predicted octanol–water partition coefficient (Wildman–Crippen LogP) is 2.20. The van der Waals surface area contributed by atoms with Crippen molar-refractivity contribution in [2.45, 2.75) is 6.04 Å². The van der Waals surface area contributed by atoms with E-state index in [1.54, 1.807) is 24.6 Å². The Balaban J connectivity index is 2.22. The van der Waals surface area contributed by atoms with Crippen LogP contribution in [0.3, 0.4) is 0 Å². The fourth-order valence-electron chi connectivity index (χ4n) is 1.33. The van der Waals surface area contributed by atoms with Gasteiger partial charge >= 0.3 is 0 Å². The van der Waals surface area contributed by atoms with Gasteiger partial charge in [0.05, 0.1) is 13.2 Å². The number of nitrogens with zero attached hydrogens (tertiary/aromatic N) is 1. The molecule has 0 spiro atoms. The Kier molecular flexibility index (Phi) is 2.99. The number of hydrogen-bond donors (Lipinski definition) is 1. The number of rotatable bonds is 3. The minimum Gasteiger partial charge on any atom is -0.481 e. The first-order valence-corrected chi connectivity index (χ1v) is 5.48. The smallest absolute Gasteiger partial charge is 0.212 e. The van der Waals surface area contributed by atoms with E-state index >= 15 is 0 Å². The van der Waals surface area contributed by atoms with Crippen molar-refractivity contribution in [1.29, 1.82) is 0 Å². The number of aromatic nitrogens is 1. The highest BCUT2D eigenvalue weighted by atomic mass is 32.1. The summed E-state index contributed by atoms with van der Waals surface area (Å²) in [6.07, 6.45) is 1.75. The van der Waals surface area contributed by atoms with Crippen molar-refractivity contribution in [1.82, 2.24) is 4.98 Å². The van der Waals surface area contributed by atoms with Gasteiger partial charge in [-0.1, -0.05) is 12.1 Å². The normalized spacial score (nSPS) is 12.4. The molecule has 0 aliphatic heterocycles. The zero-order valence-corrected chi connectivity index (χ0v) is 9.20. The Morgan fingerprint density at radius 3 is 2.80 bits per heavy atom. The lowest BCUT2D eigenvalue weighted by molar-refractivity contribution is 0.397. The van der Waals surface area contributed by atoms with Crippen LogP contribution in [0, 0.1) is 0 Å². The molecule has 1 atom stereocenters. The van der Waals surface area contributed by atoms with E-state index in [4.69, 9.17) is 10.5 Å². The van der Waals surface area contributed by atoms with Crippen LogP contribution >= 0.6 is 11.3 Å². The first-order valence-electron chi connectivity index (χ1n) is 4.60. The van der Waals surface area contributed by atoms with Gasteiger partial charge in [0, 0.05) is 17.1 Å². The van der Waals surface area contributed by atoms with Crippen molar-refractivity contribution in [3.8, 4) is 5.88 Å². The number of pyridine rings is 1. The van der Waals surface area contributed by atoms with Crippen molar-refractivity contribution in [2.24, 2.45) is 5.73 Å². The molecule has 2 heterocycles. The van der Waals surface area contributed by atoms with E-state index < -0.39 is 0 Å². The van der Waals surface area contributed by atoms with Crippen LogP contribution < -0.4 is 10.5 Å². The van der Waals surface area contributed by atoms with Gasteiger partial charge in [0.1, 0.15) is 0 Å². The van der Waals surface area contributed by atoms with Gasteiger partial charge in [0.15, 0.2) is 0 Å². The molecule has 0 aliphatic carbocycles. The molecule has 2 aromatic heterocycles. The second kappa shape index (κ2) is 4.42. The van der Waals surface area contributed by atoms with Gasteiger partial charge in [-0.25, -0.2) is 4.98 Å². The summed E-state index contributed by atoms with van der Waals surface area (Å²) in [7, 11) is 1.60. The van der Waals surface area contributed by atoms with Crippen molar-refractivity contribution in [2.75, 3.05) is 7.11 Å². The molecule has 0 amide bonds. The van der Waals surface area contributed by atoms with Gasteiger partial charge in [-0.15, -0.1) is 11.3 Å². The standard InChI is InChI=1S/C11H12N2OS/c1-14-10-5-4-8(7-13-10)11(12)9-3-2-6-15-9/h2-7,11H,12H2,1H3/t11-/m0/s1. The van der Waals surface area contributed by atoms with E-state index in [0.717, 1.165) is 10.4 Å². The maximum Gasteiger partial charge on any atom is 0.212 e. The number of ether oxygens (including phenoxy) is 1. The fraction of sp³-hybridized carbons (Fsp3) is 0.182. The maximum absolute atomic E-state index is 6.08. The number of nitrogens with two attached hydrogens (primary N) is 1. The predicted molar refractivity (Wildman–Crippen MR) is 61.1 cm³/mol. The molecule has 15 heavy (non-hydrogen) atoms. The lowest BCUT2D eigenvalue weighted by atomic mass is 10.1. The molecule has 0 radical (unpaired) electrons. The van der Waals surface area contributed by atoms with Crippen LogP contribution in [-0.4, -0.2) is 12.1 Å². The molecule has 2 rings (SSSR count). The molecular formula is C11H12N2OS. The third-order valence-electron chi connectivity index (χ3n) is 2.18. The van der Waals surface area contributed by atoms with Gasteiger partial charge in [-0.3, -0.25) is 0 Å². The summed E-state index contributed by atoms with van der Waals surface area (Å²) in [5, 5.41) is 2.02. The summed E-state index contributed by atoms with van der Waals surface area (Å²) in [4.78, 5) is 5.27.